The quantitative estimate of drug-likeness (QED) is 0.327. The van der Waals surface area contributed by atoms with E-state index in [-0.39, 0.29) is 53.6 Å². The van der Waals surface area contributed by atoms with E-state index in [0.717, 1.165) is 0 Å². The molecule has 0 aliphatic heterocycles. The van der Waals surface area contributed by atoms with E-state index in [1.165, 1.54) is 0 Å². The molecule has 0 fully saturated rings. The summed E-state index contributed by atoms with van der Waals surface area (Å²) in [5.41, 5.74) is 0. The van der Waals surface area contributed by atoms with E-state index in [0.29, 0.717) is 0 Å². The first-order chi connectivity index (χ1) is 4.00. The molecule has 0 spiro atoms. The van der Waals surface area contributed by atoms with Gasteiger partial charge in [-0.05, 0) is 0 Å². The van der Waals surface area contributed by atoms with Crippen LogP contribution in [-0.2, 0) is 62.7 Å². The Morgan fingerprint density at radius 1 is 0.846 bits per heavy atom. The smallest absolute Gasteiger partial charge is 0.822 e. The van der Waals surface area contributed by atoms with Gasteiger partial charge in [0.1, 0.15) is 0 Å². The van der Waals surface area contributed by atoms with Crippen LogP contribution >= 0.6 is 15.6 Å². The van der Waals surface area contributed by atoms with Gasteiger partial charge in [0.15, 0.2) is 0 Å². The van der Waals surface area contributed by atoms with E-state index in [2.05, 4.69) is 0 Å². The largest absolute Gasteiger partial charge is 2.00 e. The molecule has 76 valence electrons. The third-order valence-electron chi connectivity index (χ3n) is 0. The van der Waals surface area contributed by atoms with Gasteiger partial charge in [0.2, 0.25) is 0 Å². The number of hydrogen-bond donors (Lipinski definition) is 1. The molecule has 0 rings (SSSR count). The molecule has 0 bridgehead atoms. The molecule has 0 atom stereocenters. The zero-order valence-corrected chi connectivity index (χ0v) is 12.6. The first kappa shape index (κ1) is 29.4. The van der Waals surface area contributed by atoms with Gasteiger partial charge in [0.05, 0.1) is 7.82 Å². The predicted octanol–water partition coefficient (Wildman–Crippen LogP) is -5.02. The van der Waals surface area contributed by atoms with E-state index >= 15 is 0 Å². The second kappa shape index (κ2) is 12.0. The summed E-state index contributed by atoms with van der Waals surface area (Å²) >= 11 is 0. The van der Waals surface area contributed by atoms with Crippen LogP contribution in [0.4, 0.5) is 0 Å². The standard InChI is InChI=1S/2Fe.2H3O4P.Zn/c;;2*1-5(2,3)4;/h;;2*(H3,1,2,3,4);/q2*+2;;;+2/p-5. The zero-order chi connectivity index (χ0) is 9.00. The summed E-state index contributed by atoms with van der Waals surface area (Å²) in [5, 5.41) is 0. The summed E-state index contributed by atoms with van der Waals surface area (Å²) in [6, 6.07) is 0. The minimum absolute atomic E-state index is 0. The molecule has 0 radical (unpaired) electrons. The molecule has 13 heavy (non-hydrogen) atoms. The van der Waals surface area contributed by atoms with E-state index in [1.54, 1.807) is 0 Å². The van der Waals surface area contributed by atoms with Gasteiger partial charge in [-0.25, -0.2) is 0 Å². The molecule has 0 aromatic rings. The topological polar surface area (TPSA) is 170 Å². The Bertz CT molecular complexity index is 132. The Morgan fingerprint density at radius 3 is 0.846 bits per heavy atom. The summed E-state index contributed by atoms with van der Waals surface area (Å²) in [7, 11) is -10.5. The van der Waals surface area contributed by atoms with Crippen LogP contribution in [0.1, 0.15) is 0 Å². The summed E-state index contributed by atoms with van der Waals surface area (Å²) in [6.07, 6.45) is 0. The maximum absolute atomic E-state index is 8.66. The van der Waals surface area contributed by atoms with Gasteiger partial charge in [-0.1, -0.05) is 0 Å². The van der Waals surface area contributed by atoms with Gasteiger partial charge in [-0.15, -0.1) is 0 Å². The van der Waals surface area contributed by atoms with Crippen molar-refractivity contribution in [3.8, 4) is 0 Å². The van der Waals surface area contributed by atoms with Crippen molar-refractivity contribution in [1.29, 1.82) is 0 Å². The number of hydrogen-bond acceptors (Lipinski definition) is 7. The van der Waals surface area contributed by atoms with Crippen LogP contribution in [0.2, 0.25) is 0 Å². The Morgan fingerprint density at radius 2 is 0.846 bits per heavy atom. The Hall–Kier alpha value is 1.88. The summed E-state index contributed by atoms with van der Waals surface area (Å²) in [6.45, 7) is 0. The molecule has 0 aromatic heterocycles. The Labute approximate surface area is 107 Å². The first-order valence-corrected chi connectivity index (χ1v) is 4.43. The van der Waals surface area contributed by atoms with Crippen LogP contribution in [0.5, 0.6) is 0 Å². The fourth-order valence-electron chi connectivity index (χ4n) is 0. The van der Waals surface area contributed by atoms with Gasteiger partial charge >= 0.3 is 53.6 Å². The van der Waals surface area contributed by atoms with Gasteiger partial charge < -0.3 is 38.5 Å². The van der Waals surface area contributed by atoms with Gasteiger partial charge in [0.25, 0.3) is 0 Å². The molecule has 0 amide bonds. The predicted molar refractivity (Wildman–Crippen MR) is 17.4 cm³/mol. The second-order valence-corrected chi connectivity index (χ2v) is 2.75. The maximum Gasteiger partial charge on any atom is 2.00 e. The van der Waals surface area contributed by atoms with Crippen molar-refractivity contribution in [3.05, 3.63) is 0 Å². The van der Waals surface area contributed by atoms with Crippen molar-refractivity contribution in [2.24, 2.45) is 0 Å². The molecule has 0 saturated carbocycles. The molecule has 0 aromatic carbocycles. The van der Waals surface area contributed by atoms with E-state index < -0.39 is 15.6 Å². The van der Waals surface area contributed by atoms with Crippen LogP contribution < -0.4 is 24.5 Å². The molecule has 8 nitrogen and oxygen atoms in total. The summed E-state index contributed by atoms with van der Waals surface area (Å²) < 4.78 is 17.2. The molecular formula is HFe2O8P2Zn+. The third kappa shape index (κ3) is 553. The van der Waals surface area contributed by atoms with Gasteiger partial charge in [0, 0.05) is 0 Å². The van der Waals surface area contributed by atoms with Crippen LogP contribution in [0.15, 0.2) is 0 Å². The molecule has 1 N–H and O–H groups in total. The van der Waals surface area contributed by atoms with Crippen molar-refractivity contribution in [2.45, 2.75) is 0 Å². The van der Waals surface area contributed by atoms with Crippen molar-refractivity contribution in [3.63, 3.8) is 0 Å². The summed E-state index contributed by atoms with van der Waals surface area (Å²) in [5.74, 6) is 0. The SMILES string of the molecule is O=P([O-])([O-])O.O=P([O-])([O-])[O-].[Fe+2].[Fe+2].[Zn+2]. The third-order valence-corrected chi connectivity index (χ3v) is 0. The Balaban J connectivity index is -0.0000000267. The molecule has 0 aliphatic rings. The van der Waals surface area contributed by atoms with Crippen molar-refractivity contribution in [1.82, 2.24) is 0 Å². The Kier molecular flexibility index (Phi) is 27.0. The van der Waals surface area contributed by atoms with Crippen molar-refractivity contribution < 1.29 is 92.1 Å². The van der Waals surface area contributed by atoms with Gasteiger partial charge in [-0.3, -0.25) is 0 Å². The van der Waals surface area contributed by atoms with Crippen LogP contribution in [-0.4, -0.2) is 4.89 Å². The molecule has 0 aliphatic carbocycles. The maximum atomic E-state index is 8.66. The van der Waals surface area contributed by atoms with E-state index in [1.807, 2.05) is 0 Å². The van der Waals surface area contributed by atoms with Gasteiger partial charge in [-0.2, -0.15) is 7.82 Å². The summed E-state index contributed by atoms with van der Waals surface area (Å²) in [4.78, 5) is 49.9. The number of phosphoric acid groups is 2. The molecule has 0 heterocycles. The van der Waals surface area contributed by atoms with Crippen LogP contribution in [0, 0.1) is 0 Å². The average Bonchev–Trinajstić information content (AvgIpc) is 1.12. The molecule has 0 unspecified atom stereocenters. The zero-order valence-electron chi connectivity index (χ0n) is 5.61. The fourth-order valence-corrected chi connectivity index (χ4v) is 0. The van der Waals surface area contributed by atoms with Crippen molar-refractivity contribution >= 4 is 15.6 Å². The normalized spacial score (nSPS) is 9.08. The van der Waals surface area contributed by atoms with Crippen LogP contribution in [0.3, 0.4) is 0 Å². The molecule has 0 saturated heterocycles. The molecular weight excluding hydrogens is 367 g/mol. The number of rotatable bonds is 0. The second-order valence-electron chi connectivity index (χ2n) is 0.916. The van der Waals surface area contributed by atoms with E-state index in [4.69, 9.17) is 38.5 Å². The monoisotopic (exact) mass is 367 g/mol. The van der Waals surface area contributed by atoms with E-state index in [9.17, 15) is 0 Å². The average molecular weight is 368 g/mol. The first-order valence-electron chi connectivity index (χ1n) is 1.48. The van der Waals surface area contributed by atoms with Crippen LogP contribution in [0.25, 0.3) is 0 Å². The molecule has 13 heteroatoms. The van der Waals surface area contributed by atoms with Crippen molar-refractivity contribution in [2.75, 3.05) is 0 Å². The fraction of sp³-hybridized carbons (Fsp3) is 0. The minimum Gasteiger partial charge on any atom is -0.822 e. The minimum atomic E-state index is -5.39.